The van der Waals surface area contributed by atoms with Crippen molar-refractivity contribution in [1.29, 1.82) is 0 Å². The number of halogens is 1. The fourth-order valence-corrected chi connectivity index (χ4v) is 4.29. The summed E-state index contributed by atoms with van der Waals surface area (Å²) in [6, 6.07) is 12.2. The normalized spacial score (nSPS) is 12.4. The molecular formula is C21H24ClN3O4S. The fourth-order valence-electron chi connectivity index (χ4n) is 2.82. The molecule has 0 aliphatic carbocycles. The molecule has 30 heavy (non-hydrogen) atoms. The first-order chi connectivity index (χ1) is 14.0. The highest BCUT2D eigenvalue weighted by Crippen LogP contribution is 2.29. The van der Waals surface area contributed by atoms with Gasteiger partial charge in [0.25, 0.3) is 0 Å². The molecule has 1 heterocycles. The first kappa shape index (κ1) is 22.3. The van der Waals surface area contributed by atoms with Crippen LogP contribution in [0.25, 0.3) is 11.4 Å². The van der Waals surface area contributed by atoms with Gasteiger partial charge in [-0.1, -0.05) is 61.8 Å². The highest BCUT2D eigenvalue weighted by Gasteiger charge is 2.24. The van der Waals surface area contributed by atoms with E-state index in [1.807, 2.05) is 24.3 Å². The summed E-state index contributed by atoms with van der Waals surface area (Å²) >= 11 is 6.06. The van der Waals surface area contributed by atoms with Crippen LogP contribution in [0.2, 0.25) is 5.02 Å². The Hall–Kier alpha value is -2.42. The number of hydrogen-bond acceptors (Lipinski definition) is 6. The Morgan fingerprint density at radius 2 is 1.80 bits per heavy atom. The Bertz CT molecular complexity index is 1140. The molecule has 0 N–H and O–H groups in total. The first-order valence-electron chi connectivity index (χ1n) is 9.26. The van der Waals surface area contributed by atoms with Crippen LogP contribution in [0.15, 0.2) is 51.9 Å². The summed E-state index contributed by atoms with van der Waals surface area (Å²) < 4.78 is 37.1. The van der Waals surface area contributed by atoms with Gasteiger partial charge in [0.15, 0.2) is 0 Å². The SMILES string of the molecule is COc1ccc(S(=O)(=O)N(C)Cc2nc(-c3ccc(C(C)(C)C)cc3)no2)cc1Cl. The number of ether oxygens (including phenoxy) is 1. The van der Waals surface area contributed by atoms with Crippen LogP contribution in [0.3, 0.4) is 0 Å². The van der Waals surface area contributed by atoms with Gasteiger partial charge in [-0.3, -0.25) is 0 Å². The Labute approximate surface area is 181 Å². The van der Waals surface area contributed by atoms with Gasteiger partial charge in [-0.05, 0) is 29.2 Å². The maximum atomic E-state index is 12.8. The Kier molecular flexibility index (Phi) is 6.21. The largest absolute Gasteiger partial charge is 0.495 e. The summed E-state index contributed by atoms with van der Waals surface area (Å²) in [5, 5.41) is 4.19. The van der Waals surface area contributed by atoms with Gasteiger partial charge in [0.2, 0.25) is 21.7 Å². The minimum absolute atomic E-state index is 0.0440. The van der Waals surface area contributed by atoms with Crippen LogP contribution in [-0.4, -0.2) is 37.0 Å². The van der Waals surface area contributed by atoms with Gasteiger partial charge >= 0.3 is 0 Å². The molecule has 3 aromatic rings. The first-order valence-corrected chi connectivity index (χ1v) is 11.1. The summed E-state index contributed by atoms with van der Waals surface area (Å²) in [7, 11) is -0.893. The monoisotopic (exact) mass is 449 g/mol. The van der Waals surface area contributed by atoms with E-state index < -0.39 is 10.0 Å². The van der Waals surface area contributed by atoms with Crippen molar-refractivity contribution in [1.82, 2.24) is 14.4 Å². The van der Waals surface area contributed by atoms with Crippen molar-refractivity contribution in [3.05, 3.63) is 58.9 Å². The number of methoxy groups -OCH3 is 1. The predicted molar refractivity (Wildman–Crippen MR) is 115 cm³/mol. The number of sulfonamides is 1. The minimum atomic E-state index is -3.80. The van der Waals surface area contributed by atoms with Gasteiger partial charge in [0.05, 0.1) is 23.6 Å². The fraction of sp³-hybridized carbons (Fsp3) is 0.333. The molecule has 0 saturated carbocycles. The molecule has 2 aromatic carbocycles. The van der Waals surface area contributed by atoms with Crippen LogP contribution in [0, 0.1) is 0 Å². The molecule has 3 rings (SSSR count). The van der Waals surface area contributed by atoms with Crippen molar-refractivity contribution in [2.24, 2.45) is 0 Å². The van der Waals surface area contributed by atoms with E-state index in [-0.39, 0.29) is 27.8 Å². The van der Waals surface area contributed by atoms with Gasteiger partial charge in [-0.25, -0.2) is 8.42 Å². The maximum absolute atomic E-state index is 12.8. The highest BCUT2D eigenvalue weighted by molar-refractivity contribution is 7.89. The molecule has 9 heteroatoms. The summed E-state index contributed by atoms with van der Waals surface area (Å²) in [6.45, 7) is 6.35. The summed E-state index contributed by atoms with van der Waals surface area (Å²) in [4.78, 5) is 4.38. The lowest BCUT2D eigenvalue weighted by atomic mass is 9.87. The molecule has 0 unspecified atom stereocenters. The van der Waals surface area contributed by atoms with E-state index in [0.717, 1.165) is 9.87 Å². The number of aromatic nitrogens is 2. The maximum Gasteiger partial charge on any atom is 0.243 e. The zero-order chi connectivity index (χ0) is 22.1. The summed E-state index contributed by atoms with van der Waals surface area (Å²) in [5.41, 5.74) is 2.03. The van der Waals surface area contributed by atoms with E-state index in [9.17, 15) is 8.42 Å². The van der Waals surface area contributed by atoms with Gasteiger partial charge in [0.1, 0.15) is 5.75 Å². The van der Waals surface area contributed by atoms with Crippen LogP contribution in [0.1, 0.15) is 32.2 Å². The standard InChI is InChI=1S/C21H24ClN3O4S/c1-21(2,3)15-8-6-14(7-9-15)20-23-19(29-24-20)13-25(4)30(26,27)16-10-11-18(28-5)17(22)12-16/h6-12H,13H2,1-5H3. The quantitative estimate of drug-likeness (QED) is 0.550. The average Bonchev–Trinajstić information content (AvgIpc) is 3.15. The van der Waals surface area contributed by atoms with Gasteiger partial charge in [0, 0.05) is 12.6 Å². The topological polar surface area (TPSA) is 85.5 Å². The van der Waals surface area contributed by atoms with E-state index in [4.69, 9.17) is 20.9 Å². The number of benzene rings is 2. The van der Waals surface area contributed by atoms with E-state index in [2.05, 4.69) is 30.9 Å². The second-order valence-electron chi connectivity index (χ2n) is 7.90. The molecular weight excluding hydrogens is 426 g/mol. The Morgan fingerprint density at radius 3 is 2.37 bits per heavy atom. The predicted octanol–water partition coefficient (Wildman–Crippen LogP) is 4.52. The second-order valence-corrected chi connectivity index (χ2v) is 10.3. The molecule has 160 valence electrons. The molecule has 7 nitrogen and oxygen atoms in total. The second kappa shape index (κ2) is 8.37. The smallest absolute Gasteiger partial charge is 0.243 e. The third kappa shape index (κ3) is 4.66. The van der Waals surface area contributed by atoms with E-state index in [1.165, 1.54) is 37.9 Å². The minimum Gasteiger partial charge on any atom is -0.495 e. The van der Waals surface area contributed by atoms with Crippen LogP contribution in [0.5, 0.6) is 5.75 Å². The van der Waals surface area contributed by atoms with E-state index >= 15 is 0 Å². The van der Waals surface area contributed by atoms with E-state index in [1.54, 1.807) is 0 Å². The number of nitrogens with zero attached hydrogens (tertiary/aromatic N) is 3. The molecule has 0 spiro atoms. The lowest BCUT2D eigenvalue weighted by Gasteiger charge is -2.18. The number of rotatable bonds is 6. The molecule has 0 aliphatic rings. The average molecular weight is 450 g/mol. The van der Waals surface area contributed by atoms with Crippen LogP contribution < -0.4 is 4.74 Å². The van der Waals surface area contributed by atoms with Crippen molar-refractivity contribution in [2.75, 3.05) is 14.2 Å². The molecule has 0 amide bonds. The molecule has 0 saturated heterocycles. The van der Waals surface area contributed by atoms with Gasteiger partial charge in [-0.2, -0.15) is 9.29 Å². The van der Waals surface area contributed by atoms with Crippen LogP contribution >= 0.6 is 11.6 Å². The summed E-state index contributed by atoms with van der Waals surface area (Å²) in [5.74, 6) is 0.997. The lowest BCUT2D eigenvalue weighted by Crippen LogP contribution is -2.26. The molecule has 0 radical (unpaired) electrons. The Balaban J connectivity index is 1.77. The van der Waals surface area contributed by atoms with Crippen molar-refractivity contribution in [2.45, 2.75) is 37.6 Å². The third-order valence-corrected chi connectivity index (χ3v) is 6.76. The third-order valence-electron chi connectivity index (χ3n) is 4.67. The molecule has 0 atom stereocenters. The molecule has 1 aromatic heterocycles. The molecule has 0 bridgehead atoms. The van der Waals surface area contributed by atoms with Crippen molar-refractivity contribution >= 4 is 21.6 Å². The van der Waals surface area contributed by atoms with Crippen LogP contribution in [0.4, 0.5) is 0 Å². The van der Waals surface area contributed by atoms with Crippen molar-refractivity contribution < 1.29 is 17.7 Å². The summed E-state index contributed by atoms with van der Waals surface area (Å²) in [6.07, 6.45) is 0. The molecule has 0 fully saturated rings. The van der Waals surface area contributed by atoms with Gasteiger partial charge < -0.3 is 9.26 Å². The highest BCUT2D eigenvalue weighted by atomic mass is 35.5. The lowest BCUT2D eigenvalue weighted by molar-refractivity contribution is 0.336. The van der Waals surface area contributed by atoms with Crippen molar-refractivity contribution in [3.63, 3.8) is 0 Å². The molecule has 0 aliphatic heterocycles. The van der Waals surface area contributed by atoms with E-state index in [0.29, 0.717) is 11.6 Å². The zero-order valence-corrected chi connectivity index (χ0v) is 19.1. The van der Waals surface area contributed by atoms with Gasteiger partial charge in [-0.15, -0.1) is 0 Å². The Morgan fingerprint density at radius 1 is 1.13 bits per heavy atom. The van der Waals surface area contributed by atoms with Crippen molar-refractivity contribution in [3.8, 4) is 17.1 Å². The zero-order valence-electron chi connectivity index (χ0n) is 17.5. The number of hydrogen-bond donors (Lipinski definition) is 0. The van der Waals surface area contributed by atoms with Crippen LogP contribution in [-0.2, 0) is 22.0 Å².